The maximum Gasteiger partial charge on any atom is 0.409 e. The highest BCUT2D eigenvalue weighted by Crippen LogP contribution is 2.14. The van der Waals surface area contributed by atoms with Crippen LogP contribution in [0.1, 0.15) is 52.2 Å². The lowest BCUT2D eigenvalue weighted by molar-refractivity contribution is 0.0962. The number of hydrogen-bond donors (Lipinski definition) is 2. The van der Waals surface area contributed by atoms with Crippen molar-refractivity contribution in [2.24, 2.45) is 4.99 Å². The predicted molar refractivity (Wildman–Crippen MR) is 138 cm³/mol. The minimum Gasteiger partial charge on any atom is -0.469 e. The minimum absolute atomic E-state index is 0. The zero-order valence-electron chi connectivity index (χ0n) is 19.7. The summed E-state index contributed by atoms with van der Waals surface area (Å²) in [6.07, 6.45) is 6.32. The fourth-order valence-corrected chi connectivity index (χ4v) is 4.23. The fourth-order valence-electron chi connectivity index (χ4n) is 4.23. The Kier molecular flexibility index (Phi) is 11.6. The van der Waals surface area contributed by atoms with E-state index < -0.39 is 0 Å². The van der Waals surface area contributed by atoms with Crippen LogP contribution in [0, 0.1) is 0 Å². The summed E-state index contributed by atoms with van der Waals surface area (Å²) in [5, 5.41) is 7.30. The van der Waals surface area contributed by atoms with Crippen LogP contribution >= 0.6 is 24.0 Å². The zero-order chi connectivity index (χ0) is 22.1. The largest absolute Gasteiger partial charge is 0.469 e. The van der Waals surface area contributed by atoms with E-state index in [0.717, 1.165) is 56.9 Å². The molecule has 9 heteroatoms. The van der Waals surface area contributed by atoms with Gasteiger partial charge in [-0.2, -0.15) is 0 Å². The van der Waals surface area contributed by atoms with E-state index in [1.807, 2.05) is 19.1 Å². The molecule has 1 aromatic heterocycles. The number of halogens is 1. The second-order valence-electron chi connectivity index (χ2n) is 8.71. The molecule has 2 fully saturated rings. The first-order valence-corrected chi connectivity index (χ1v) is 11.8. The molecule has 182 valence electrons. The van der Waals surface area contributed by atoms with E-state index in [2.05, 4.69) is 29.4 Å². The number of likely N-dealkylation sites (tertiary alicyclic amines) is 2. The van der Waals surface area contributed by atoms with Gasteiger partial charge >= 0.3 is 6.09 Å². The third kappa shape index (κ3) is 8.46. The predicted octanol–water partition coefficient (Wildman–Crippen LogP) is 3.47. The van der Waals surface area contributed by atoms with E-state index >= 15 is 0 Å². The summed E-state index contributed by atoms with van der Waals surface area (Å²) >= 11 is 0. The first-order valence-electron chi connectivity index (χ1n) is 11.8. The smallest absolute Gasteiger partial charge is 0.409 e. The van der Waals surface area contributed by atoms with Gasteiger partial charge in [-0.05, 0) is 58.6 Å². The molecule has 0 saturated carbocycles. The van der Waals surface area contributed by atoms with E-state index in [9.17, 15) is 4.79 Å². The minimum atomic E-state index is -0.205. The van der Waals surface area contributed by atoms with Gasteiger partial charge < -0.3 is 29.6 Å². The van der Waals surface area contributed by atoms with Crippen molar-refractivity contribution in [2.45, 2.75) is 71.0 Å². The maximum atomic E-state index is 12.0. The number of nitrogens with one attached hydrogen (secondary N) is 2. The van der Waals surface area contributed by atoms with Gasteiger partial charge in [0.2, 0.25) is 0 Å². The van der Waals surface area contributed by atoms with Crippen LogP contribution in [0.5, 0.6) is 0 Å². The molecule has 1 amide bonds. The first-order chi connectivity index (χ1) is 15.0. The van der Waals surface area contributed by atoms with E-state index in [4.69, 9.17) is 14.1 Å². The summed E-state index contributed by atoms with van der Waals surface area (Å²) in [6, 6.07) is 5.24. The normalized spacial score (nSPS) is 19.0. The lowest BCUT2D eigenvalue weighted by Gasteiger charge is -2.36. The van der Waals surface area contributed by atoms with Crippen molar-refractivity contribution in [3.8, 4) is 0 Å². The molecule has 0 atom stereocenters. The Morgan fingerprint density at radius 3 is 2.31 bits per heavy atom. The van der Waals surface area contributed by atoms with Crippen LogP contribution in [-0.2, 0) is 11.2 Å². The molecule has 0 aliphatic carbocycles. The van der Waals surface area contributed by atoms with Gasteiger partial charge in [-0.3, -0.25) is 4.99 Å². The standard InChI is InChI=1S/C23H39N5O3.HI/c1-4-30-23(29)28-15-10-20(11-16-28)26-22(24-12-7-21-6-5-17-31-21)25-19-8-13-27(14-9-19)18(2)3;/h5-6,17-20H,4,7-16H2,1-3H3,(H2,24,25,26);1H. The number of rotatable bonds is 7. The molecule has 0 unspecified atom stereocenters. The van der Waals surface area contributed by atoms with Gasteiger partial charge in [-0.25, -0.2) is 4.79 Å². The molecule has 2 N–H and O–H groups in total. The van der Waals surface area contributed by atoms with E-state index in [1.165, 1.54) is 0 Å². The monoisotopic (exact) mass is 561 g/mol. The van der Waals surface area contributed by atoms with Gasteiger partial charge in [0.15, 0.2) is 5.96 Å². The molecule has 32 heavy (non-hydrogen) atoms. The van der Waals surface area contributed by atoms with E-state index in [0.29, 0.717) is 44.4 Å². The number of nitrogens with zero attached hydrogens (tertiary/aromatic N) is 3. The molecule has 0 bridgehead atoms. The topological polar surface area (TPSA) is 82.3 Å². The Hall–Kier alpha value is -1.49. The van der Waals surface area contributed by atoms with Gasteiger partial charge in [0, 0.05) is 57.3 Å². The molecule has 2 aliphatic rings. The fraction of sp³-hybridized carbons (Fsp3) is 0.739. The number of furan rings is 1. The lowest BCUT2D eigenvalue weighted by atomic mass is 10.0. The third-order valence-electron chi connectivity index (χ3n) is 6.17. The molecule has 3 heterocycles. The number of hydrogen-bond acceptors (Lipinski definition) is 5. The maximum absolute atomic E-state index is 12.0. The van der Waals surface area contributed by atoms with E-state index in [-0.39, 0.29) is 30.1 Å². The van der Waals surface area contributed by atoms with Crippen molar-refractivity contribution in [3.63, 3.8) is 0 Å². The van der Waals surface area contributed by atoms with Crippen LogP contribution in [-0.4, -0.2) is 79.3 Å². The molecule has 0 radical (unpaired) electrons. The second-order valence-corrected chi connectivity index (χ2v) is 8.71. The van der Waals surface area contributed by atoms with Gasteiger partial charge in [-0.15, -0.1) is 24.0 Å². The summed E-state index contributed by atoms with van der Waals surface area (Å²) in [5.74, 6) is 1.83. The molecule has 8 nitrogen and oxygen atoms in total. The lowest BCUT2D eigenvalue weighted by Crippen LogP contribution is -2.54. The average molecular weight is 562 g/mol. The van der Waals surface area contributed by atoms with Crippen LogP contribution in [0.3, 0.4) is 0 Å². The van der Waals surface area contributed by atoms with Gasteiger partial charge in [0.05, 0.1) is 12.9 Å². The number of amides is 1. The van der Waals surface area contributed by atoms with Crippen molar-refractivity contribution in [2.75, 3.05) is 39.3 Å². The van der Waals surface area contributed by atoms with Crippen LogP contribution in [0.15, 0.2) is 27.8 Å². The molecule has 2 aliphatic heterocycles. The summed E-state index contributed by atoms with van der Waals surface area (Å²) in [7, 11) is 0. The van der Waals surface area contributed by atoms with Crippen LogP contribution in [0.25, 0.3) is 0 Å². The zero-order valence-corrected chi connectivity index (χ0v) is 22.0. The number of piperidine rings is 2. The molecular weight excluding hydrogens is 521 g/mol. The Bertz CT molecular complexity index is 682. The second kappa shape index (κ2) is 13.9. The molecule has 0 spiro atoms. The summed E-state index contributed by atoms with van der Waals surface area (Å²) in [5.41, 5.74) is 0. The van der Waals surface area contributed by atoms with Gasteiger partial charge in [0.1, 0.15) is 5.76 Å². The number of guanidine groups is 1. The highest BCUT2D eigenvalue weighted by atomic mass is 127. The summed E-state index contributed by atoms with van der Waals surface area (Å²) in [6.45, 7) is 11.1. The number of carbonyl (C=O) groups excluding carboxylic acids is 1. The number of carbonyl (C=O) groups is 1. The molecule has 2 saturated heterocycles. The Balaban J connectivity index is 0.00000363. The molecule has 3 rings (SSSR count). The number of ether oxygens (including phenoxy) is 1. The molecule has 0 aromatic carbocycles. The van der Waals surface area contributed by atoms with Gasteiger partial charge in [0.25, 0.3) is 0 Å². The van der Waals surface area contributed by atoms with Crippen molar-refractivity contribution in [3.05, 3.63) is 24.2 Å². The summed E-state index contributed by atoms with van der Waals surface area (Å²) in [4.78, 5) is 21.1. The Morgan fingerprint density at radius 1 is 1.16 bits per heavy atom. The van der Waals surface area contributed by atoms with Crippen molar-refractivity contribution >= 4 is 36.0 Å². The third-order valence-corrected chi connectivity index (χ3v) is 6.17. The van der Waals surface area contributed by atoms with Crippen LogP contribution < -0.4 is 10.6 Å². The van der Waals surface area contributed by atoms with Gasteiger partial charge in [-0.1, -0.05) is 0 Å². The molecule has 1 aromatic rings. The Morgan fingerprint density at radius 2 is 1.78 bits per heavy atom. The van der Waals surface area contributed by atoms with Crippen molar-refractivity contribution in [1.82, 2.24) is 20.4 Å². The average Bonchev–Trinajstić information content (AvgIpc) is 3.28. The van der Waals surface area contributed by atoms with Crippen LogP contribution in [0.2, 0.25) is 0 Å². The SMILES string of the molecule is CCOC(=O)N1CCC(NC(=NCCc2ccco2)NC2CCN(C(C)C)CC2)CC1.I. The van der Waals surface area contributed by atoms with Crippen molar-refractivity contribution in [1.29, 1.82) is 0 Å². The van der Waals surface area contributed by atoms with Crippen LogP contribution in [0.4, 0.5) is 4.79 Å². The highest BCUT2D eigenvalue weighted by Gasteiger charge is 2.26. The quantitative estimate of drug-likeness (QED) is 0.302. The number of aliphatic imine (C=N–C) groups is 1. The van der Waals surface area contributed by atoms with E-state index in [1.54, 1.807) is 11.2 Å². The first kappa shape index (κ1) is 26.8. The van der Waals surface area contributed by atoms with Crippen molar-refractivity contribution < 1.29 is 13.9 Å². The Labute approximate surface area is 209 Å². The molecular formula is C23H40IN5O3. The highest BCUT2D eigenvalue weighted by molar-refractivity contribution is 14.0. The summed E-state index contributed by atoms with van der Waals surface area (Å²) < 4.78 is 10.6.